The molecule has 0 heterocycles. The molecule has 76 valence electrons. The van der Waals surface area contributed by atoms with Crippen LogP contribution in [0, 0.1) is 5.82 Å². The second-order valence-corrected chi connectivity index (χ2v) is 4.14. The minimum Gasteiger partial charge on any atom is -0.330 e. The molecule has 0 atom stereocenters. The Morgan fingerprint density at radius 1 is 1.43 bits per heavy atom. The van der Waals surface area contributed by atoms with E-state index in [1.54, 1.807) is 6.07 Å². The summed E-state index contributed by atoms with van der Waals surface area (Å²) in [6, 6.07) is 5.44. The van der Waals surface area contributed by atoms with E-state index in [0.717, 1.165) is 24.8 Å². The fourth-order valence-electron chi connectivity index (χ4n) is 1.94. The Balaban J connectivity index is 2.36. The molecule has 0 radical (unpaired) electrons. The van der Waals surface area contributed by atoms with Gasteiger partial charge in [-0.25, -0.2) is 4.39 Å². The van der Waals surface area contributed by atoms with E-state index in [9.17, 15) is 4.39 Å². The largest absolute Gasteiger partial charge is 0.330 e. The molecule has 0 saturated heterocycles. The van der Waals surface area contributed by atoms with Crippen LogP contribution in [-0.2, 0) is 11.8 Å². The lowest BCUT2D eigenvalue weighted by atomic mass is 9.94. The van der Waals surface area contributed by atoms with E-state index in [1.165, 1.54) is 5.56 Å². The van der Waals surface area contributed by atoms with Crippen LogP contribution >= 0.6 is 0 Å². The first-order valence-corrected chi connectivity index (χ1v) is 5.21. The molecule has 0 spiro atoms. The van der Waals surface area contributed by atoms with Crippen LogP contribution in [0.5, 0.6) is 0 Å². The highest BCUT2D eigenvalue weighted by atomic mass is 19.1. The van der Waals surface area contributed by atoms with Crippen molar-refractivity contribution in [2.75, 3.05) is 6.54 Å². The lowest BCUT2D eigenvalue weighted by Gasteiger charge is -2.14. The minimum atomic E-state index is -0.0935. The third-order valence-electron chi connectivity index (χ3n) is 3.28. The van der Waals surface area contributed by atoms with Gasteiger partial charge in [0.15, 0.2) is 0 Å². The number of nitrogens with two attached hydrogens (primary N) is 1. The zero-order valence-electron chi connectivity index (χ0n) is 8.52. The molecular formula is C12H16FN. The first-order valence-electron chi connectivity index (χ1n) is 5.21. The van der Waals surface area contributed by atoms with Crippen LogP contribution in [0.15, 0.2) is 18.2 Å². The Hall–Kier alpha value is -0.890. The summed E-state index contributed by atoms with van der Waals surface area (Å²) in [5, 5.41) is 0. The van der Waals surface area contributed by atoms with Gasteiger partial charge >= 0.3 is 0 Å². The van der Waals surface area contributed by atoms with Crippen LogP contribution < -0.4 is 5.73 Å². The van der Waals surface area contributed by atoms with Crippen LogP contribution in [-0.4, -0.2) is 6.54 Å². The lowest BCUT2D eigenvalue weighted by Crippen LogP contribution is -2.19. The van der Waals surface area contributed by atoms with Crippen molar-refractivity contribution >= 4 is 0 Å². The predicted octanol–water partition coefficient (Wildman–Crippen LogP) is 2.38. The molecule has 1 nitrogen and oxygen atoms in total. The monoisotopic (exact) mass is 193 g/mol. The maximum absolute atomic E-state index is 13.3. The maximum atomic E-state index is 13.3. The fourth-order valence-corrected chi connectivity index (χ4v) is 1.94. The second kappa shape index (κ2) is 3.35. The van der Waals surface area contributed by atoms with Gasteiger partial charge in [0.05, 0.1) is 0 Å². The van der Waals surface area contributed by atoms with Gasteiger partial charge in [0.2, 0.25) is 0 Å². The molecule has 14 heavy (non-hydrogen) atoms. The van der Waals surface area contributed by atoms with Crippen molar-refractivity contribution in [3.63, 3.8) is 0 Å². The number of rotatable bonds is 3. The zero-order valence-corrected chi connectivity index (χ0v) is 8.52. The summed E-state index contributed by atoms with van der Waals surface area (Å²) in [4.78, 5) is 0. The molecule has 1 aromatic rings. The van der Waals surface area contributed by atoms with Crippen molar-refractivity contribution in [1.82, 2.24) is 0 Å². The van der Waals surface area contributed by atoms with E-state index in [1.807, 2.05) is 19.1 Å². The van der Waals surface area contributed by atoms with E-state index >= 15 is 0 Å². The predicted molar refractivity (Wildman–Crippen MR) is 55.7 cm³/mol. The fraction of sp³-hybridized carbons (Fsp3) is 0.500. The highest BCUT2D eigenvalue weighted by molar-refractivity contribution is 5.35. The maximum Gasteiger partial charge on any atom is 0.126 e. The highest BCUT2D eigenvalue weighted by Gasteiger charge is 2.42. The zero-order chi connectivity index (χ0) is 10.2. The van der Waals surface area contributed by atoms with Crippen LogP contribution in [0.2, 0.25) is 0 Å². The molecule has 2 N–H and O–H groups in total. The molecule has 1 aliphatic carbocycles. The van der Waals surface area contributed by atoms with E-state index in [0.29, 0.717) is 6.54 Å². The summed E-state index contributed by atoms with van der Waals surface area (Å²) >= 11 is 0. The van der Waals surface area contributed by atoms with Crippen LogP contribution in [0.4, 0.5) is 4.39 Å². The summed E-state index contributed by atoms with van der Waals surface area (Å²) in [6.45, 7) is 2.66. The van der Waals surface area contributed by atoms with Gasteiger partial charge in [0.25, 0.3) is 0 Å². The van der Waals surface area contributed by atoms with Crippen molar-refractivity contribution in [2.24, 2.45) is 5.73 Å². The Labute approximate surface area is 84.1 Å². The Morgan fingerprint density at radius 2 is 2.14 bits per heavy atom. The van der Waals surface area contributed by atoms with Crippen molar-refractivity contribution in [3.8, 4) is 0 Å². The number of hydrogen-bond donors (Lipinski definition) is 1. The first kappa shape index (κ1) is 9.66. The van der Waals surface area contributed by atoms with Crippen molar-refractivity contribution in [2.45, 2.75) is 31.6 Å². The van der Waals surface area contributed by atoms with Gasteiger partial charge in [-0.05, 0) is 36.5 Å². The molecule has 2 heteroatoms. The first-order chi connectivity index (χ1) is 6.72. The molecule has 0 amide bonds. The summed E-state index contributed by atoms with van der Waals surface area (Å²) in [7, 11) is 0. The topological polar surface area (TPSA) is 26.0 Å². The normalized spacial score (nSPS) is 18.2. The molecule has 0 aromatic heterocycles. The van der Waals surface area contributed by atoms with Crippen molar-refractivity contribution < 1.29 is 4.39 Å². The quantitative estimate of drug-likeness (QED) is 0.783. The Kier molecular flexibility index (Phi) is 2.31. The van der Waals surface area contributed by atoms with E-state index in [4.69, 9.17) is 5.73 Å². The van der Waals surface area contributed by atoms with Gasteiger partial charge in [-0.15, -0.1) is 0 Å². The smallest absolute Gasteiger partial charge is 0.126 e. The molecular weight excluding hydrogens is 177 g/mol. The standard InChI is InChI=1S/C12H16FN/c1-2-9-7-10(3-4-11(9)13)12(8-14)5-6-12/h3-4,7H,2,5-6,8,14H2,1H3. The summed E-state index contributed by atoms with van der Waals surface area (Å²) in [6.07, 6.45) is 3.05. The third kappa shape index (κ3) is 1.44. The Morgan fingerprint density at radius 3 is 2.64 bits per heavy atom. The Bertz CT molecular complexity index is 342. The minimum absolute atomic E-state index is 0.0935. The highest BCUT2D eigenvalue weighted by Crippen LogP contribution is 2.47. The molecule has 0 unspecified atom stereocenters. The van der Waals surface area contributed by atoms with E-state index in [-0.39, 0.29) is 11.2 Å². The molecule has 1 aliphatic rings. The van der Waals surface area contributed by atoms with Gasteiger partial charge in [-0.3, -0.25) is 0 Å². The van der Waals surface area contributed by atoms with Crippen molar-refractivity contribution in [1.29, 1.82) is 0 Å². The SMILES string of the molecule is CCc1cc(C2(CN)CC2)ccc1F. The number of hydrogen-bond acceptors (Lipinski definition) is 1. The summed E-state index contributed by atoms with van der Waals surface area (Å²) < 4.78 is 13.3. The van der Waals surface area contributed by atoms with Crippen LogP contribution in [0.25, 0.3) is 0 Å². The van der Waals surface area contributed by atoms with Gasteiger partial charge in [0.1, 0.15) is 5.82 Å². The van der Waals surface area contributed by atoms with E-state index < -0.39 is 0 Å². The summed E-state index contributed by atoms with van der Waals surface area (Å²) in [5.41, 5.74) is 7.94. The van der Waals surface area contributed by atoms with Gasteiger partial charge < -0.3 is 5.73 Å². The number of aryl methyl sites for hydroxylation is 1. The van der Waals surface area contributed by atoms with Crippen LogP contribution in [0.1, 0.15) is 30.9 Å². The second-order valence-electron chi connectivity index (χ2n) is 4.14. The summed E-state index contributed by atoms with van der Waals surface area (Å²) in [5.74, 6) is -0.0935. The number of benzene rings is 1. The molecule has 1 aromatic carbocycles. The van der Waals surface area contributed by atoms with Crippen molar-refractivity contribution in [3.05, 3.63) is 35.1 Å². The third-order valence-corrected chi connectivity index (χ3v) is 3.28. The van der Waals surface area contributed by atoms with Gasteiger partial charge in [0, 0.05) is 12.0 Å². The molecule has 0 bridgehead atoms. The van der Waals surface area contributed by atoms with E-state index in [2.05, 4.69) is 0 Å². The lowest BCUT2D eigenvalue weighted by molar-refractivity contribution is 0.607. The van der Waals surface area contributed by atoms with Crippen LogP contribution in [0.3, 0.4) is 0 Å². The average molecular weight is 193 g/mol. The molecule has 1 saturated carbocycles. The average Bonchev–Trinajstić information content (AvgIpc) is 2.99. The van der Waals surface area contributed by atoms with Gasteiger partial charge in [-0.2, -0.15) is 0 Å². The van der Waals surface area contributed by atoms with Gasteiger partial charge in [-0.1, -0.05) is 19.1 Å². The molecule has 1 fully saturated rings. The number of halogens is 1. The molecule has 2 rings (SSSR count). The molecule has 0 aliphatic heterocycles.